The van der Waals surface area contributed by atoms with Gasteiger partial charge in [0.2, 0.25) is 0 Å². The molecule has 0 aliphatic carbocycles. The van der Waals surface area contributed by atoms with Crippen LogP contribution in [0.5, 0.6) is 0 Å². The van der Waals surface area contributed by atoms with Crippen molar-refractivity contribution in [2.75, 3.05) is 0 Å². The zero-order valence-corrected chi connectivity index (χ0v) is 4.55. The standard InChI is InChI=1S/Fe.Mg.H3O4P.2H/c;;1-5(2,3)4;;/h;;(H3,1,2,3,4);;. The summed E-state index contributed by atoms with van der Waals surface area (Å²) in [5, 5.41) is 0. The Labute approximate surface area is 67.2 Å². The van der Waals surface area contributed by atoms with E-state index in [0.717, 1.165) is 0 Å². The quantitative estimate of drug-likeness (QED) is 0.302. The monoisotopic (exact) mass is 180 g/mol. The molecule has 7 heavy (non-hydrogen) atoms. The second-order valence-electron chi connectivity index (χ2n) is 0.513. The molecule has 0 atom stereocenters. The van der Waals surface area contributed by atoms with Crippen LogP contribution in [0.15, 0.2) is 0 Å². The predicted octanol–water partition coefficient (Wildman–Crippen LogP) is -1.85. The van der Waals surface area contributed by atoms with Crippen LogP contribution in [-0.2, 0) is 21.6 Å². The molecule has 4 nitrogen and oxygen atoms in total. The zero-order valence-electron chi connectivity index (χ0n) is 2.55. The van der Waals surface area contributed by atoms with E-state index in [1.54, 1.807) is 0 Å². The molecule has 0 fully saturated rings. The average molecular weight is 180 g/mol. The van der Waals surface area contributed by atoms with E-state index in [1.807, 2.05) is 0 Å². The van der Waals surface area contributed by atoms with Crippen LogP contribution in [0.4, 0.5) is 0 Å². The van der Waals surface area contributed by atoms with Gasteiger partial charge in [0.15, 0.2) is 0 Å². The van der Waals surface area contributed by atoms with Gasteiger partial charge in [-0.2, -0.15) is 0 Å². The minimum absolute atomic E-state index is 0. The van der Waals surface area contributed by atoms with Gasteiger partial charge in [0, 0.05) is 17.1 Å². The minimum Gasteiger partial charge on any atom is -0.303 e. The van der Waals surface area contributed by atoms with Gasteiger partial charge in [-0.25, -0.2) is 4.57 Å². The van der Waals surface area contributed by atoms with Gasteiger partial charge < -0.3 is 14.7 Å². The Morgan fingerprint density at radius 2 is 1.14 bits per heavy atom. The first-order valence-corrected chi connectivity index (χ1v) is 2.35. The Hall–Kier alpha value is 1.40. The summed E-state index contributed by atoms with van der Waals surface area (Å²) >= 11 is 0. The third-order valence-electron chi connectivity index (χ3n) is 0. The van der Waals surface area contributed by atoms with Crippen molar-refractivity contribution in [2.24, 2.45) is 0 Å². The van der Waals surface area contributed by atoms with Gasteiger partial charge in [-0.15, -0.1) is 0 Å². The second-order valence-corrected chi connectivity index (χ2v) is 1.54. The molecule has 0 unspecified atom stereocenters. The van der Waals surface area contributed by atoms with Crippen LogP contribution in [0, 0.1) is 0 Å². The Morgan fingerprint density at radius 3 is 1.14 bits per heavy atom. The summed E-state index contributed by atoms with van der Waals surface area (Å²) < 4.78 is 8.88. The summed E-state index contributed by atoms with van der Waals surface area (Å²) in [4.78, 5) is 21.6. The number of hydrogen-bond acceptors (Lipinski definition) is 1. The van der Waals surface area contributed by atoms with Crippen molar-refractivity contribution in [3.63, 3.8) is 0 Å². The molecule has 0 amide bonds. The fourth-order valence-electron chi connectivity index (χ4n) is 0. The van der Waals surface area contributed by atoms with Crippen molar-refractivity contribution in [3.05, 3.63) is 0 Å². The van der Waals surface area contributed by atoms with Crippen LogP contribution in [0.3, 0.4) is 0 Å². The zero-order chi connectivity index (χ0) is 4.50. The summed E-state index contributed by atoms with van der Waals surface area (Å²) in [5.41, 5.74) is 0. The maximum absolute atomic E-state index is 8.88. The molecule has 0 aromatic rings. The van der Waals surface area contributed by atoms with Crippen molar-refractivity contribution in [1.29, 1.82) is 0 Å². The van der Waals surface area contributed by atoms with Gasteiger partial charge in [0.05, 0.1) is 0 Å². The molecular weight excluding hydrogens is 175 g/mol. The van der Waals surface area contributed by atoms with Crippen LogP contribution in [0.1, 0.15) is 0 Å². The first-order chi connectivity index (χ1) is 2.00. The van der Waals surface area contributed by atoms with E-state index in [0.29, 0.717) is 0 Å². The largest absolute Gasteiger partial charge is 0.466 e. The summed E-state index contributed by atoms with van der Waals surface area (Å²) in [6.45, 7) is 0. The van der Waals surface area contributed by atoms with Crippen molar-refractivity contribution in [1.82, 2.24) is 0 Å². The van der Waals surface area contributed by atoms with E-state index >= 15 is 0 Å². The summed E-state index contributed by atoms with van der Waals surface area (Å²) in [6.07, 6.45) is 0. The summed E-state index contributed by atoms with van der Waals surface area (Å²) in [5.74, 6) is 0. The van der Waals surface area contributed by atoms with E-state index < -0.39 is 7.82 Å². The average Bonchev–Trinajstić information content (AvgIpc) is 0.722. The van der Waals surface area contributed by atoms with E-state index in [9.17, 15) is 0 Å². The van der Waals surface area contributed by atoms with Crippen LogP contribution >= 0.6 is 7.82 Å². The smallest absolute Gasteiger partial charge is 0.303 e. The van der Waals surface area contributed by atoms with Crippen LogP contribution in [0.2, 0.25) is 0 Å². The second kappa shape index (κ2) is 5.53. The van der Waals surface area contributed by atoms with Gasteiger partial charge in [-0.1, -0.05) is 0 Å². The molecule has 0 heterocycles. The maximum Gasteiger partial charge on any atom is 0.466 e. The van der Waals surface area contributed by atoms with Gasteiger partial charge >= 0.3 is 30.9 Å². The summed E-state index contributed by atoms with van der Waals surface area (Å²) in [7, 11) is -4.64. The van der Waals surface area contributed by atoms with Crippen LogP contribution in [0.25, 0.3) is 0 Å². The van der Waals surface area contributed by atoms with Crippen molar-refractivity contribution in [3.8, 4) is 0 Å². The number of hydrogen-bond donors (Lipinski definition) is 3. The first kappa shape index (κ1) is 15.8. The van der Waals surface area contributed by atoms with E-state index in [2.05, 4.69) is 0 Å². The number of phosphoric acid groups is 1. The molecule has 0 radical (unpaired) electrons. The molecule has 0 bridgehead atoms. The Bertz CT molecular complexity index is 57.8. The van der Waals surface area contributed by atoms with Gasteiger partial charge in [0.25, 0.3) is 0 Å². The van der Waals surface area contributed by atoms with Crippen molar-refractivity contribution in [2.45, 2.75) is 0 Å². The van der Waals surface area contributed by atoms with Gasteiger partial charge in [-0.05, 0) is 0 Å². The SMILES string of the molecule is O=P(O)(O)O.[Fe].[MgH2]. The molecule has 0 aromatic heterocycles. The van der Waals surface area contributed by atoms with E-state index in [-0.39, 0.29) is 40.1 Å². The normalized spacial score (nSPS) is 8.43. The Balaban J connectivity index is -0.0000000800. The van der Waals surface area contributed by atoms with Crippen molar-refractivity contribution < 1.29 is 36.3 Å². The third kappa shape index (κ3) is 111. The van der Waals surface area contributed by atoms with E-state index in [4.69, 9.17) is 19.2 Å². The Kier molecular flexibility index (Phi) is 12.5. The molecule has 7 heteroatoms. The molecule has 0 rings (SSSR count). The fourth-order valence-corrected chi connectivity index (χ4v) is 0. The van der Waals surface area contributed by atoms with E-state index in [1.165, 1.54) is 0 Å². The molecular formula is H5FeMgO4P. The Morgan fingerprint density at radius 1 is 1.14 bits per heavy atom. The molecule has 3 N–H and O–H groups in total. The minimum atomic E-state index is -4.64. The fraction of sp³-hybridized carbons (Fsp3) is 0. The molecule has 44 valence electrons. The maximum atomic E-state index is 8.88. The third-order valence-corrected chi connectivity index (χ3v) is 0. The molecule has 0 aromatic carbocycles. The summed E-state index contributed by atoms with van der Waals surface area (Å²) in [6, 6.07) is 0. The first-order valence-electron chi connectivity index (χ1n) is 0.783. The van der Waals surface area contributed by atoms with Crippen LogP contribution < -0.4 is 0 Å². The predicted molar refractivity (Wildman–Crippen MR) is 22.8 cm³/mol. The van der Waals surface area contributed by atoms with Crippen molar-refractivity contribution >= 4 is 30.9 Å². The topological polar surface area (TPSA) is 77.8 Å². The molecule has 0 spiro atoms. The van der Waals surface area contributed by atoms with Crippen LogP contribution in [-0.4, -0.2) is 37.7 Å². The van der Waals surface area contributed by atoms with Gasteiger partial charge in [0.1, 0.15) is 0 Å². The molecule has 0 saturated carbocycles. The molecule has 0 aliphatic rings. The number of rotatable bonds is 0. The molecule has 0 aliphatic heterocycles. The van der Waals surface area contributed by atoms with Gasteiger partial charge in [-0.3, -0.25) is 0 Å². The molecule has 0 saturated heterocycles.